The zero-order valence-corrected chi connectivity index (χ0v) is 15.6. The van der Waals surface area contributed by atoms with Gasteiger partial charge >= 0.3 is 0 Å². The Bertz CT molecular complexity index is 776. The second kappa shape index (κ2) is 8.88. The van der Waals surface area contributed by atoms with E-state index in [1.807, 2.05) is 0 Å². The average molecular weight is 379 g/mol. The Hall–Kier alpha value is -2.04. The fourth-order valence-electron chi connectivity index (χ4n) is 2.16. The van der Waals surface area contributed by atoms with Gasteiger partial charge in [0.2, 0.25) is 0 Å². The first-order chi connectivity index (χ1) is 11.9. The highest BCUT2D eigenvalue weighted by molar-refractivity contribution is 6.36. The van der Waals surface area contributed by atoms with Crippen LogP contribution < -0.4 is 10.6 Å². The fraction of sp³-hybridized carbons (Fsp3) is 0.263. The van der Waals surface area contributed by atoms with Gasteiger partial charge in [0.1, 0.15) is 0 Å². The maximum atomic E-state index is 12.4. The van der Waals surface area contributed by atoms with Gasteiger partial charge in [0.05, 0.1) is 10.7 Å². The number of hydrogen-bond acceptors (Lipinski definition) is 2. The van der Waals surface area contributed by atoms with Gasteiger partial charge in [0.25, 0.3) is 11.8 Å². The molecule has 0 heterocycles. The molecule has 0 fully saturated rings. The maximum absolute atomic E-state index is 12.4. The Morgan fingerprint density at radius 2 is 1.68 bits per heavy atom. The number of carbonyl (C=O) groups excluding carboxylic acids is 2. The Labute approximate surface area is 157 Å². The third-order valence-corrected chi connectivity index (χ3v) is 4.12. The predicted octanol–water partition coefficient (Wildman–Crippen LogP) is 5.02. The Morgan fingerprint density at radius 3 is 2.32 bits per heavy atom. The van der Waals surface area contributed by atoms with E-state index in [2.05, 4.69) is 24.5 Å². The molecule has 0 radical (unpaired) electrons. The molecule has 0 bridgehead atoms. The largest absolute Gasteiger partial charge is 0.352 e. The summed E-state index contributed by atoms with van der Waals surface area (Å²) in [7, 11) is 0. The molecule has 2 amide bonds. The molecule has 0 spiro atoms. The first-order valence-electron chi connectivity index (χ1n) is 8.01. The second-order valence-corrected chi connectivity index (χ2v) is 6.94. The molecule has 2 N–H and O–H groups in total. The molecule has 4 nitrogen and oxygen atoms in total. The van der Waals surface area contributed by atoms with Crippen LogP contribution in [-0.4, -0.2) is 18.4 Å². The minimum absolute atomic E-state index is 0.195. The number of rotatable bonds is 6. The molecule has 132 valence electrons. The van der Waals surface area contributed by atoms with Crippen molar-refractivity contribution in [3.05, 3.63) is 63.6 Å². The summed E-state index contributed by atoms with van der Waals surface area (Å²) < 4.78 is 0. The fourth-order valence-corrected chi connectivity index (χ4v) is 2.62. The van der Waals surface area contributed by atoms with Crippen LogP contribution in [0.25, 0.3) is 0 Å². The zero-order valence-electron chi connectivity index (χ0n) is 14.1. The van der Waals surface area contributed by atoms with E-state index in [9.17, 15) is 9.59 Å². The minimum atomic E-state index is -0.346. The molecule has 25 heavy (non-hydrogen) atoms. The van der Waals surface area contributed by atoms with E-state index in [1.54, 1.807) is 42.5 Å². The summed E-state index contributed by atoms with van der Waals surface area (Å²) in [4.78, 5) is 24.6. The van der Waals surface area contributed by atoms with Crippen LogP contribution in [0.4, 0.5) is 5.69 Å². The minimum Gasteiger partial charge on any atom is -0.352 e. The first kappa shape index (κ1) is 19.3. The van der Waals surface area contributed by atoms with Crippen LogP contribution in [0.2, 0.25) is 10.0 Å². The predicted molar refractivity (Wildman–Crippen MR) is 103 cm³/mol. The summed E-state index contributed by atoms with van der Waals surface area (Å²) in [6, 6.07) is 11.4. The first-order valence-corrected chi connectivity index (χ1v) is 8.77. The van der Waals surface area contributed by atoms with Crippen LogP contribution in [-0.2, 0) is 0 Å². The van der Waals surface area contributed by atoms with Crippen molar-refractivity contribution < 1.29 is 9.59 Å². The summed E-state index contributed by atoms with van der Waals surface area (Å²) in [5.74, 6) is -0.0255. The van der Waals surface area contributed by atoms with Crippen molar-refractivity contribution in [2.45, 2.75) is 20.3 Å². The van der Waals surface area contributed by atoms with E-state index < -0.39 is 0 Å². The molecular formula is C19H20Cl2N2O2. The SMILES string of the molecule is CC(C)CCNC(=O)c1cccc(C(=O)Nc2ccc(Cl)cc2Cl)c1. The molecule has 2 rings (SSSR count). The van der Waals surface area contributed by atoms with Gasteiger partial charge in [-0.2, -0.15) is 0 Å². The number of hydrogen-bond donors (Lipinski definition) is 2. The van der Waals surface area contributed by atoms with E-state index in [-0.39, 0.29) is 11.8 Å². The van der Waals surface area contributed by atoms with Gasteiger partial charge in [-0.25, -0.2) is 0 Å². The molecule has 2 aromatic carbocycles. The molecule has 0 unspecified atom stereocenters. The van der Waals surface area contributed by atoms with Crippen molar-refractivity contribution in [3.8, 4) is 0 Å². The van der Waals surface area contributed by atoms with Crippen LogP contribution in [0.3, 0.4) is 0 Å². The quantitative estimate of drug-likeness (QED) is 0.740. The third kappa shape index (κ3) is 5.76. The Kier molecular flexibility index (Phi) is 6.85. The Balaban J connectivity index is 2.06. The zero-order chi connectivity index (χ0) is 18.4. The van der Waals surface area contributed by atoms with Crippen molar-refractivity contribution >= 4 is 40.7 Å². The van der Waals surface area contributed by atoms with Crippen molar-refractivity contribution in [2.24, 2.45) is 5.92 Å². The monoisotopic (exact) mass is 378 g/mol. The lowest BCUT2D eigenvalue weighted by atomic mass is 10.1. The number of amides is 2. The van der Waals surface area contributed by atoms with E-state index in [1.165, 1.54) is 0 Å². The van der Waals surface area contributed by atoms with Gasteiger partial charge in [-0.3, -0.25) is 9.59 Å². The standard InChI is InChI=1S/C19H20Cl2N2O2/c1-12(2)8-9-22-18(24)13-4-3-5-14(10-13)19(25)23-17-7-6-15(20)11-16(17)21/h3-7,10-12H,8-9H2,1-2H3,(H,22,24)(H,23,25). The summed E-state index contributed by atoms with van der Waals surface area (Å²) in [6.07, 6.45) is 0.904. The van der Waals surface area contributed by atoms with Crippen LogP contribution in [0.5, 0.6) is 0 Å². The topological polar surface area (TPSA) is 58.2 Å². The smallest absolute Gasteiger partial charge is 0.255 e. The molecule has 0 atom stereocenters. The van der Waals surface area contributed by atoms with Gasteiger partial charge in [0.15, 0.2) is 0 Å². The Morgan fingerprint density at radius 1 is 1.00 bits per heavy atom. The molecule has 0 aliphatic rings. The highest BCUT2D eigenvalue weighted by atomic mass is 35.5. The average Bonchev–Trinajstić information content (AvgIpc) is 2.57. The number of benzene rings is 2. The molecule has 0 aliphatic heterocycles. The molecule has 2 aromatic rings. The lowest BCUT2D eigenvalue weighted by Crippen LogP contribution is -2.25. The normalized spacial score (nSPS) is 10.6. The number of carbonyl (C=O) groups is 2. The van der Waals surface area contributed by atoms with Crippen molar-refractivity contribution in [2.75, 3.05) is 11.9 Å². The number of halogens is 2. The van der Waals surface area contributed by atoms with Crippen molar-refractivity contribution in [1.82, 2.24) is 5.32 Å². The molecule has 6 heteroatoms. The highest BCUT2D eigenvalue weighted by Crippen LogP contribution is 2.25. The molecule has 0 saturated carbocycles. The lowest BCUT2D eigenvalue weighted by molar-refractivity contribution is 0.0952. The van der Waals surface area contributed by atoms with Gasteiger partial charge < -0.3 is 10.6 Å². The van der Waals surface area contributed by atoms with Crippen molar-refractivity contribution in [1.29, 1.82) is 0 Å². The van der Waals surface area contributed by atoms with Crippen LogP contribution in [0, 0.1) is 5.92 Å². The summed E-state index contributed by atoms with van der Waals surface area (Å²) in [6.45, 7) is 4.80. The van der Waals surface area contributed by atoms with Crippen LogP contribution >= 0.6 is 23.2 Å². The number of nitrogens with one attached hydrogen (secondary N) is 2. The lowest BCUT2D eigenvalue weighted by Gasteiger charge is -2.10. The van der Waals surface area contributed by atoms with E-state index in [0.29, 0.717) is 39.3 Å². The summed E-state index contributed by atoms with van der Waals surface area (Å²) in [5, 5.41) is 6.41. The molecule has 0 saturated heterocycles. The molecule has 0 aliphatic carbocycles. The molecule has 0 aromatic heterocycles. The van der Waals surface area contributed by atoms with E-state index in [0.717, 1.165) is 6.42 Å². The highest BCUT2D eigenvalue weighted by Gasteiger charge is 2.12. The second-order valence-electron chi connectivity index (χ2n) is 6.10. The van der Waals surface area contributed by atoms with Gasteiger partial charge in [0, 0.05) is 22.7 Å². The maximum Gasteiger partial charge on any atom is 0.255 e. The van der Waals surface area contributed by atoms with E-state index >= 15 is 0 Å². The van der Waals surface area contributed by atoms with Crippen LogP contribution in [0.1, 0.15) is 41.0 Å². The third-order valence-electron chi connectivity index (χ3n) is 3.57. The molecular weight excluding hydrogens is 359 g/mol. The van der Waals surface area contributed by atoms with Crippen LogP contribution in [0.15, 0.2) is 42.5 Å². The summed E-state index contributed by atoms with van der Waals surface area (Å²) in [5.41, 5.74) is 1.28. The van der Waals surface area contributed by atoms with Gasteiger partial charge in [-0.1, -0.05) is 43.1 Å². The van der Waals surface area contributed by atoms with Gasteiger partial charge in [-0.15, -0.1) is 0 Å². The van der Waals surface area contributed by atoms with Gasteiger partial charge in [-0.05, 0) is 48.7 Å². The van der Waals surface area contributed by atoms with E-state index in [4.69, 9.17) is 23.2 Å². The number of anilines is 1. The van der Waals surface area contributed by atoms with Crippen molar-refractivity contribution in [3.63, 3.8) is 0 Å². The summed E-state index contributed by atoms with van der Waals surface area (Å²) >= 11 is 11.9.